The minimum absolute atomic E-state index is 0.0563. The van der Waals surface area contributed by atoms with E-state index in [1.165, 1.54) is 29.5 Å². The molecule has 0 aliphatic rings. The van der Waals surface area contributed by atoms with Gasteiger partial charge in [0.1, 0.15) is 22.7 Å². The molecule has 1 atom stereocenters. The lowest BCUT2D eigenvalue weighted by Crippen LogP contribution is -2.42. The molecule has 1 amide bonds. The molecule has 7 nitrogen and oxygen atoms in total. The van der Waals surface area contributed by atoms with Crippen LogP contribution in [0.4, 0.5) is 4.39 Å². The van der Waals surface area contributed by atoms with Crippen molar-refractivity contribution in [3.05, 3.63) is 96.4 Å². The lowest BCUT2D eigenvalue weighted by molar-refractivity contribution is 0.0602. The standard InChI is InChI=1S/C30H30BrFN4O3S/c1-17(2)26(35(12-4-11-33)29(37)19-7-5-18(3)6-8-19)28-34-25-23-14-21(32)9-10-24(23)39-27(25)30(38)36(28)15-22-13-20(31)16-40-22/h5-10,13-14,16-17,26H,4,11-12,15,33H2,1-3H3. The SMILES string of the molecule is Cc1ccc(C(=O)N(CCCN)C(c2nc3c(oc4ccc(F)cc43)c(=O)n2Cc2cc(Br)cs2)C(C)C)cc1. The lowest BCUT2D eigenvalue weighted by Gasteiger charge is -2.35. The number of nitrogens with two attached hydrogens (primary N) is 1. The van der Waals surface area contributed by atoms with Gasteiger partial charge in [-0.15, -0.1) is 11.3 Å². The number of halogens is 2. The van der Waals surface area contributed by atoms with Gasteiger partial charge in [-0.3, -0.25) is 14.2 Å². The molecule has 3 heterocycles. The molecule has 0 aliphatic heterocycles. The zero-order chi connectivity index (χ0) is 28.6. The second-order valence-electron chi connectivity index (χ2n) is 10.2. The van der Waals surface area contributed by atoms with Gasteiger partial charge in [0.25, 0.3) is 11.5 Å². The Labute approximate surface area is 243 Å². The number of fused-ring (bicyclic) bond motifs is 3. The van der Waals surface area contributed by atoms with Crippen molar-refractivity contribution in [2.75, 3.05) is 13.1 Å². The highest BCUT2D eigenvalue weighted by Gasteiger charge is 2.33. The Kier molecular flexibility index (Phi) is 8.21. The highest BCUT2D eigenvalue weighted by atomic mass is 79.9. The Morgan fingerprint density at radius 3 is 2.60 bits per heavy atom. The molecular weight excluding hydrogens is 595 g/mol. The van der Waals surface area contributed by atoms with E-state index in [-0.39, 0.29) is 35.0 Å². The molecule has 1 unspecified atom stereocenters. The van der Waals surface area contributed by atoms with Crippen LogP contribution in [-0.4, -0.2) is 33.4 Å². The minimum Gasteiger partial charge on any atom is -0.448 e. The molecule has 2 N–H and O–H groups in total. The summed E-state index contributed by atoms with van der Waals surface area (Å²) in [6, 6.07) is 12.9. The molecule has 5 rings (SSSR count). The van der Waals surface area contributed by atoms with Crippen LogP contribution >= 0.6 is 27.3 Å². The van der Waals surface area contributed by atoms with Crippen molar-refractivity contribution in [2.45, 2.75) is 39.8 Å². The minimum atomic E-state index is -0.570. The first kappa shape index (κ1) is 28.2. The van der Waals surface area contributed by atoms with E-state index in [0.717, 1.165) is 14.9 Å². The molecule has 10 heteroatoms. The second-order valence-corrected chi connectivity index (χ2v) is 12.1. The number of hydrogen-bond donors (Lipinski definition) is 1. The van der Waals surface area contributed by atoms with Gasteiger partial charge in [-0.1, -0.05) is 31.5 Å². The third kappa shape index (κ3) is 5.48. The normalized spacial score (nSPS) is 12.5. The molecule has 0 fully saturated rings. The maximum Gasteiger partial charge on any atom is 0.297 e. The van der Waals surface area contributed by atoms with E-state index in [1.54, 1.807) is 9.47 Å². The quantitative estimate of drug-likeness (QED) is 0.198. The van der Waals surface area contributed by atoms with Crippen LogP contribution in [0.3, 0.4) is 0 Å². The van der Waals surface area contributed by atoms with E-state index in [0.29, 0.717) is 41.9 Å². The Morgan fingerprint density at radius 1 is 1.20 bits per heavy atom. The van der Waals surface area contributed by atoms with Crippen LogP contribution in [0.1, 0.15) is 52.9 Å². The summed E-state index contributed by atoms with van der Waals surface area (Å²) < 4.78 is 22.7. The summed E-state index contributed by atoms with van der Waals surface area (Å²) in [6.45, 7) is 6.99. The van der Waals surface area contributed by atoms with E-state index in [4.69, 9.17) is 15.1 Å². The van der Waals surface area contributed by atoms with Crippen LogP contribution in [-0.2, 0) is 6.54 Å². The monoisotopic (exact) mass is 624 g/mol. The van der Waals surface area contributed by atoms with Crippen molar-refractivity contribution >= 4 is 55.2 Å². The summed E-state index contributed by atoms with van der Waals surface area (Å²) in [5, 5.41) is 2.37. The van der Waals surface area contributed by atoms with Crippen molar-refractivity contribution in [1.29, 1.82) is 0 Å². The van der Waals surface area contributed by atoms with Gasteiger partial charge >= 0.3 is 0 Å². The smallest absolute Gasteiger partial charge is 0.297 e. The second kappa shape index (κ2) is 11.6. The third-order valence-electron chi connectivity index (χ3n) is 6.90. The Bertz CT molecular complexity index is 1740. The van der Waals surface area contributed by atoms with Crippen LogP contribution in [0.5, 0.6) is 0 Å². The van der Waals surface area contributed by atoms with Gasteiger partial charge in [-0.2, -0.15) is 0 Å². The fraction of sp³-hybridized carbons (Fsp3) is 0.300. The van der Waals surface area contributed by atoms with Gasteiger partial charge in [-0.25, -0.2) is 9.37 Å². The summed E-state index contributed by atoms with van der Waals surface area (Å²) in [7, 11) is 0. The number of hydrogen-bond acceptors (Lipinski definition) is 6. The van der Waals surface area contributed by atoms with Gasteiger partial charge < -0.3 is 15.1 Å². The molecule has 2 aromatic carbocycles. The topological polar surface area (TPSA) is 94.4 Å². The fourth-order valence-electron chi connectivity index (χ4n) is 4.97. The Morgan fingerprint density at radius 2 is 1.95 bits per heavy atom. The fourth-order valence-corrected chi connectivity index (χ4v) is 6.41. The highest BCUT2D eigenvalue weighted by Crippen LogP contribution is 2.33. The molecule has 0 aliphatic carbocycles. The largest absolute Gasteiger partial charge is 0.448 e. The molecule has 0 bridgehead atoms. The highest BCUT2D eigenvalue weighted by molar-refractivity contribution is 9.10. The van der Waals surface area contributed by atoms with Crippen LogP contribution in [0.2, 0.25) is 0 Å². The number of aromatic nitrogens is 2. The van der Waals surface area contributed by atoms with Crippen LogP contribution in [0, 0.1) is 18.7 Å². The maximum absolute atomic E-state index is 14.3. The van der Waals surface area contributed by atoms with Gasteiger partial charge in [0.2, 0.25) is 5.58 Å². The lowest BCUT2D eigenvalue weighted by atomic mass is 9.99. The van der Waals surface area contributed by atoms with Crippen molar-refractivity contribution < 1.29 is 13.6 Å². The molecule has 5 aromatic rings. The zero-order valence-electron chi connectivity index (χ0n) is 22.5. The van der Waals surface area contributed by atoms with Crippen LogP contribution in [0.25, 0.3) is 22.1 Å². The summed E-state index contributed by atoms with van der Waals surface area (Å²) in [6.07, 6.45) is 0.574. The Balaban J connectivity index is 1.76. The Hall–Kier alpha value is -3.34. The molecule has 0 saturated carbocycles. The first-order valence-electron chi connectivity index (χ1n) is 13.1. The van der Waals surface area contributed by atoms with E-state index in [1.807, 2.05) is 56.5 Å². The van der Waals surface area contributed by atoms with E-state index < -0.39 is 11.9 Å². The number of carbonyl (C=O) groups excluding carboxylic acids is 1. The molecule has 3 aromatic heterocycles. The number of carbonyl (C=O) groups is 1. The predicted molar refractivity (Wildman–Crippen MR) is 160 cm³/mol. The summed E-state index contributed by atoms with van der Waals surface area (Å²) >= 11 is 5.00. The van der Waals surface area contributed by atoms with E-state index in [9.17, 15) is 14.0 Å². The predicted octanol–water partition coefficient (Wildman–Crippen LogP) is 6.65. The first-order valence-corrected chi connectivity index (χ1v) is 14.8. The van der Waals surface area contributed by atoms with Gasteiger partial charge in [-0.05, 0) is 78.1 Å². The molecule has 0 saturated heterocycles. The van der Waals surface area contributed by atoms with Gasteiger partial charge in [0.15, 0.2) is 0 Å². The molecular formula is C30H30BrFN4O3S. The average Bonchev–Trinajstić information content (AvgIpc) is 3.50. The zero-order valence-corrected chi connectivity index (χ0v) is 24.9. The number of nitrogens with zero attached hydrogens (tertiary/aromatic N) is 3. The average molecular weight is 626 g/mol. The first-order chi connectivity index (χ1) is 19.2. The van der Waals surface area contributed by atoms with Crippen molar-refractivity contribution in [3.8, 4) is 0 Å². The molecule has 0 spiro atoms. The van der Waals surface area contributed by atoms with Crippen LogP contribution < -0.4 is 11.3 Å². The molecule has 40 heavy (non-hydrogen) atoms. The maximum atomic E-state index is 14.3. The number of aryl methyl sites for hydroxylation is 1. The van der Waals surface area contributed by atoms with E-state index >= 15 is 0 Å². The van der Waals surface area contributed by atoms with E-state index in [2.05, 4.69) is 15.9 Å². The number of thiophene rings is 1. The summed E-state index contributed by atoms with van der Waals surface area (Å²) in [4.78, 5) is 35.7. The number of rotatable bonds is 9. The molecule has 208 valence electrons. The number of furan rings is 1. The number of benzene rings is 2. The van der Waals surface area contributed by atoms with Crippen molar-refractivity contribution in [1.82, 2.24) is 14.5 Å². The van der Waals surface area contributed by atoms with Crippen LogP contribution in [0.15, 0.2) is 67.6 Å². The van der Waals surface area contributed by atoms with Gasteiger partial charge in [0, 0.05) is 32.2 Å². The summed E-state index contributed by atoms with van der Waals surface area (Å²) in [5.74, 6) is -0.324. The van der Waals surface area contributed by atoms with Gasteiger partial charge in [0.05, 0.1) is 12.6 Å². The third-order valence-corrected chi connectivity index (χ3v) is 8.58. The van der Waals surface area contributed by atoms with Crippen molar-refractivity contribution in [2.24, 2.45) is 11.7 Å². The summed E-state index contributed by atoms with van der Waals surface area (Å²) in [5.41, 5.74) is 7.81. The number of amides is 1. The van der Waals surface area contributed by atoms with Crippen molar-refractivity contribution in [3.63, 3.8) is 0 Å². The molecule has 0 radical (unpaired) electrons.